The lowest BCUT2D eigenvalue weighted by molar-refractivity contribution is -0.129. The van der Waals surface area contributed by atoms with Crippen LogP contribution in [0, 0.1) is 12.8 Å². The van der Waals surface area contributed by atoms with Crippen LogP contribution in [0.5, 0.6) is 0 Å². The van der Waals surface area contributed by atoms with E-state index >= 15 is 0 Å². The van der Waals surface area contributed by atoms with Crippen molar-refractivity contribution in [3.05, 3.63) is 71.3 Å². The Morgan fingerprint density at radius 3 is 2.23 bits per heavy atom. The Morgan fingerprint density at radius 2 is 1.63 bits per heavy atom. The Bertz CT molecular complexity index is 827. The molecule has 4 N–H and O–H groups in total. The first kappa shape index (κ1) is 23.6. The fourth-order valence-electron chi connectivity index (χ4n) is 3.36. The highest BCUT2D eigenvalue weighted by Gasteiger charge is 2.30. The molecule has 6 nitrogen and oxygen atoms in total. The number of carbonyl (C=O) groups excluding carboxylic acids is 2. The van der Waals surface area contributed by atoms with Crippen molar-refractivity contribution in [3.63, 3.8) is 0 Å². The zero-order valence-electron chi connectivity index (χ0n) is 17.8. The van der Waals surface area contributed by atoms with Crippen LogP contribution in [0.2, 0.25) is 0 Å². The summed E-state index contributed by atoms with van der Waals surface area (Å²) < 4.78 is 0. The van der Waals surface area contributed by atoms with Gasteiger partial charge < -0.3 is 20.7 Å². The van der Waals surface area contributed by atoms with Gasteiger partial charge in [0.15, 0.2) is 0 Å². The van der Waals surface area contributed by atoms with Crippen molar-refractivity contribution < 1.29 is 19.6 Å². The van der Waals surface area contributed by atoms with Crippen LogP contribution in [0.1, 0.15) is 37.0 Å². The fraction of sp³-hybridized carbons (Fsp3) is 0.391. The number of rotatable bonds is 10. The summed E-state index contributed by atoms with van der Waals surface area (Å²) in [7, 11) is -1.67. The summed E-state index contributed by atoms with van der Waals surface area (Å²) in [6, 6.07) is 16.3. The molecule has 0 fully saturated rings. The summed E-state index contributed by atoms with van der Waals surface area (Å²) in [5.41, 5.74) is 2.83. The van der Waals surface area contributed by atoms with E-state index in [-0.39, 0.29) is 18.2 Å². The predicted octanol–water partition coefficient (Wildman–Crippen LogP) is 1.81. The maximum Gasteiger partial charge on any atom is 0.475 e. The Morgan fingerprint density at radius 1 is 0.967 bits per heavy atom. The number of nitrogens with one attached hydrogen (secondary N) is 2. The van der Waals surface area contributed by atoms with Gasteiger partial charge in [0.25, 0.3) is 0 Å². The normalized spacial score (nSPS) is 12.9. The molecule has 0 saturated heterocycles. The van der Waals surface area contributed by atoms with Crippen LogP contribution >= 0.6 is 0 Å². The fourth-order valence-corrected chi connectivity index (χ4v) is 3.36. The summed E-state index contributed by atoms with van der Waals surface area (Å²) in [6.45, 7) is 5.83. The number of aryl methyl sites for hydroxylation is 1. The summed E-state index contributed by atoms with van der Waals surface area (Å²) >= 11 is 0. The van der Waals surface area contributed by atoms with E-state index in [9.17, 15) is 19.6 Å². The Hall–Kier alpha value is -2.64. The van der Waals surface area contributed by atoms with Gasteiger partial charge in [-0.1, -0.05) is 74.0 Å². The lowest BCUT2D eigenvalue weighted by Crippen LogP contribution is -2.55. The highest BCUT2D eigenvalue weighted by molar-refractivity contribution is 6.43. The minimum Gasteiger partial charge on any atom is -0.426 e. The van der Waals surface area contributed by atoms with E-state index in [1.54, 1.807) is 0 Å². The van der Waals surface area contributed by atoms with Crippen LogP contribution < -0.4 is 10.6 Å². The lowest BCUT2D eigenvalue weighted by Gasteiger charge is -2.24. The van der Waals surface area contributed by atoms with Crippen LogP contribution in [0.25, 0.3) is 0 Å². The van der Waals surface area contributed by atoms with Crippen LogP contribution in [0.3, 0.4) is 0 Å². The second kappa shape index (κ2) is 11.5. The number of carbonyl (C=O) groups is 2. The predicted molar refractivity (Wildman–Crippen MR) is 119 cm³/mol. The monoisotopic (exact) mass is 410 g/mol. The topological polar surface area (TPSA) is 98.7 Å². The van der Waals surface area contributed by atoms with Gasteiger partial charge in [-0.05, 0) is 30.4 Å². The van der Waals surface area contributed by atoms with Gasteiger partial charge in [-0.15, -0.1) is 0 Å². The average molecular weight is 410 g/mol. The summed E-state index contributed by atoms with van der Waals surface area (Å²) in [5, 5.41) is 24.8. The first-order valence-electron chi connectivity index (χ1n) is 10.3. The first-order chi connectivity index (χ1) is 14.2. The molecular formula is C23H31BN2O4. The molecule has 2 aromatic rings. The molecule has 0 radical (unpaired) electrons. The number of hydrogen-bond donors (Lipinski definition) is 4. The molecule has 160 valence electrons. The van der Waals surface area contributed by atoms with Crippen molar-refractivity contribution in [1.29, 1.82) is 0 Å². The van der Waals surface area contributed by atoms with Gasteiger partial charge in [0.1, 0.15) is 6.04 Å². The maximum atomic E-state index is 12.9. The van der Waals surface area contributed by atoms with E-state index in [0.717, 1.165) is 16.7 Å². The van der Waals surface area contributed by atoms with Gasteiger partial charge in [-0.2, -0.15) is 0 Å². The Kier molecular flexibility index (Phi) is 9.08. The molecule has 2 amide bonds. The molecule has 0 spiro atoms. The zero-order valence-corrected chi connectivity index (χ0v) is 17.8. The Balaban J connectivity index is 2.12. The molecule has 2 rings (SSSR count). The summed E-state index contributed by atoms with van der Waals surface area (Å²) in [6.07, 6.45) is 0.888. The van der Waals surface area contributed by atoms with Crippen molar-refractivity contribution in [2.24, 2.45) is 5.92 Å². The average Bonchev–Trinajstić information content (AvgIpc) is 2.67. The molecule has 0 aliphatic carbocycles. The van der Waals surface area contributed by atoms with E-state index in [4.69, 9.17) is 0 Å². The van der Waals surface area contributed by atoms with Crippen molar-refractivity contribution in [2.75, 3.05) is 0 Å². The van der Waals surface area contributed by atoms with Gasteiger partial charge in [0, 0.05) is 6.42 Å². The van der Waals surface area contributed by atoms with Crippen molar-refractivity contribution in [2.45, 2.75) is 52.0 Å². The molecule has 0 saturated carbocycles. The van der Waals surface area contributed by atoms with Gasteiger partial charge >= 0.3 is 7.12 Å². The number of hydrogen-bond acceptors (Lipinski definition) is 4. The van der Waals surface area contributed by atoms with E-state index < -0.39 is 25.0 Å². The van der Waals surface area contributed by atoms with Crippen molar-refractivity contribution in [1.82, 2.24) is 10.6 Å². The minimum absolute atomic E-state index is 0.165. The molecule has 0 unspecified atom stereocenters. The number of amides is 2. The molecule has 30 heavy (non-hydrogen) atoms. The first-order valence-corrected chi connectivity index (χ1v) is 10.3. The highest BCUT2D eigenvalue weighted by atomic mass is 16.4. The minimum atomic E-state index is -1.67. The molecule has 0 bridgehead atoms. The quantitative estimate of drug-likeness (QED) is 0.449. The van der Waals surface area contributed by atoms with E-state index in [0.29, 0.717) is 12.8 Å². The summed E-state index contributed by atoms with van der Waals surface area (Å²) in [5.74, 6) is -1.33. The molecule has 0 aromatic heterocycles. The van der Waals surface area contributed by atoms with Gasteiger partial charge in [-0.3, -0.25) is 9.59 Å². The summed E-state index contributed by atoms with van der Waals surface area (Å²) in [4.78, 5) is 25.6. The van der Waals surface area contributed by atoms with Crippen LogP contribution in [-0.4, -0.2) is 41.0 Å². The molecule has 2 atom stereocenters. The van der Waals surface area contributed by atoms with E-state index in [2.05, 4.69) is 10.6 Å². The zero-order chi connectivity index (χ0) is 22.1. The second-order valence-corrected chi connectivity index (χ2v) is 8.13. The SMILES string of the molecule is Cc1cccc(CC(=O)N[C@@H](Cc2ccccc2)C(=O)N[C@@H](CC(C)C)B(O)O)c1. The van der Waals surface area contributed by atoms with Crippen molar-refractivity contribution in [3.8, 4) is 0 Å². The van der Waals surface area contributed by atoms with E-state index in [1.165, 1.54) is 0 Å². The highest BCUT2D eigenvalue weighted by Crippen LogP contribution is 2.09. The van der Waals surface area contributed by atoms with Gasteiger partial charge in [0.2, 0.25) is 11.8 Å². The largest absolute Gasteiger partial charge is 0.475 e. The third kappa shape index (κ3) is 8.01. The van der Waals surface area contributed by atoms with Crippen LogP contribution in [0.4, 0.5) is 0 Å². The van der Waals surface area contributed by atoms with Gasteiger partial charge in [0.05, 0.1) is 12.4 Å². The maximum absolute atomic E-state index is 12.9. The third-order valence-corrected chi connectivity index (χ3v) is 4.79. The van der Waals surface area contributed by atoms with Gasteiger partial charge in [-0.25, -0.2) is 0 Å². The Labute approximate surface area is 178 Å². The molecule has 2 aromatic carbocycles. The standard InChI is InChI=1S/C23H31BN2O4/c1-16(2)12-21(24(29)30)26-23(28)20(14-18-9-5-4-6-10-18)25-22(27)15-19-11-7-8-17(3)13-19/h4-11,13,16,20-21,29-30H,12,14-15H2,1-3H3,(H,25,27)(H,26,28)/t20-,21-/m0/s1. The lowest BCUT2D eigenvalue weighted by atomic mass is 9.75. The third-order valence-electron chi connectivity index (χ3n) is 4.79. The van der Waals surface area contributed by atoms with Crippen LogP contribution in [0.15, 0.2) is 54.6 Å². The molecule has 0 aliphatic rings. The smallest absolute Gasteiger partial charge is 0.426 e. The van der Waals surface area contributed by atoms with Crippen molar-refractivity contribution >= 4 is 18.9 Å². The van der Waals surface area contributed by atoms with Crippen LogP contribution in [-0.2, 0) is 22.4 Å². The molecule has 0 heterocycles. The molecule has 7 heteroatoms. The van der Waals surface area contributed by atoms with E-state index in [1.807, 2.05) is 75.4 Å². The second-order valence-electron chi connectivity index (χ2n) is 8.13. The molecular weight excluding hydrogens is 379 g/mol. The molecule has 0 aliphatic heterocycles. The number of benzene rings is 2.